The van der Waals surface area contributed by atoms with Gasteiger partial charge in [-0.3, -0.25) is 19.2 Å². The number of carbonyl (C=O) groups is 4. The number of fused-ring (bicyclic) bond motifs is 2. The second-order valence-corrected chi connectivity index (χ2v) is 11.6. The molecule has 2 N–H and O–H groups in total. The highest BCUT2D eigenvalue weighted by molar-refractivity contribution is 5.69. The van der Waals surface area contributed by atoms with Gasteiger partial charge in [0, 0.05) is 46.0 Å². The molecule has 0 aromatic heterocycles. The van der Waals surface area contributed by atoms with Crippen LogP contribution in [0.1, 0.15) is 74.7 Å². The Morgan fingerprint density at radius 3 is 1.92 bits per heavy atom. The maximum Gasteiger partial charge on any atom is 0.303 e. The second kappa shape index (κ2) is 10.1. The first-order valence-electron chi connectivity index (χ1n) is 12.9. The number of aliphatic hydroxyl groups excluding tert-OH is 1. The van der Waals surface area contributed by atoms with E-state index in [9.17, 15) is 29.4 Å². The smallest absolute Gasteiger partial charge is 0.303 e. The minimum absolute atomic E-state index is 0.000407. The summed E-state index contributed by atoms with van der Waals surface area (Å²) in [5, 5.41) is 22.8. The van der Waals surface area contributed by atoms with E-state index in [-0.39, 0.29) is 19.3 Å². The fourth-order valence-corrected chi connectivity index (χ4v) is 7.05. The van der Waals surface area contributed by atoms with E-state index in [4.69, 9.17) is 18.9 Å². The Bertz CT molecular complexity index is 1070. The summed E-state index contributed by atoms with van der Waals surface area (Å²) in [6.45, 7) is 15.9. The molecule has 3 aliphatic carbocycles. The van der Waals surface area contributed by atoms with Crippen LogP contribution in [-0.4, -0.2) is 70.2 Å². The van der Waals surface area contributed by atoms with Crippen molar-refractivity contribution in [3.63, 3.8) is 0 Å². The first kappa shape index (κ1) is 29.8. The maximum atomic E-state index is 12.5. The molecule has 10 nitrogen and oxygen atoms in total. The zero-order chi connectivity index (χ0) is 29.0. The maximum absolute atomic E-state index is 12.5. The van der Waals surface area contributed by atoms with Gasteiger partial charge in [0.15, 0.2) is 12.2 Å². The van der Waals surface area contributed by atoms with E-state index in [1.807, 2.05) is 0 Å². The van der Waals surface area contributed by atoms with Crippen molar-refractivity contribution in [2.45, 2.75) is 111 Å². The summed E-state index contributed by atoms with van der Waals surface area (Å²) < 4.78 is 23.2. The Kier molecular flexibility index (Phi) is 7.94. The fraction of sp³-hybridized carbons (Fsp3) is 0.714. The lowest BCUT2D eigenvalue weighted by atomic mass is 9.56. The van der Waals surface area contributed by atoms with E-state index < -0.39 is 76.7 Å². The molecule has 2 fully saturated rings. The van der Waals surface area contributed by atoms with Crippen LogP contribution in [0.25, 0.3) is 0 Å². The minimum Gasteiger partial charge on any atom is -0.462 e. The van der Waals surface area contributed by atoms with Gasteiger partial charge in [-0.05, 0) is 49.8 Å². The lowest BCUT2D eigenvalue weighted by molar-refractivity contribution is -0.201. The SMILES string of the molecule is C=C1[C@H]2C[C@]3(C(C)(C)O)C[C@H](OC(C)=O)C(C)=C3[C@@H](OC(C)=O)[C@H](OC(C)=O)[C@]2(C)[C@@H](OC(C)=O)C[C@@H]1O. The number of hydrogen-bond donors (Lipinski definition) is 2. The summed E-state index contributed by atoms with van der Waals surface area (Å²) in [7, 11) is 0. The Labute approximate surface area is 223 Å². The van der Waals surface area contributed by atoms with E-state index in [0.717, 1.165) is 0 Å². The molecule has 0 amide bonds. The monoisotopic (exact) mass is 536 g/mol. The van der Waals surface area contributed by atoms with Gasteiger partial charge in [0.1, 0.15) is 12.2 Å². The fourth-order valence-electron chi connectivity index (χ4n) is 7.05. The van der Waals surface area contributed by atoms with E-state index in [0.29, 0.717) is 16.7 Å². The average Bonchev–Trinajstić information content (AvgIpc) is 2.98. The lowest BCUT2D eigenvalue weighted by Gasteiger charge is -2.53. The van der Waals surface area contributed by atoms with Crippen LogP contribution in [0.2, 0.25) is 0 Å². The highest BCUT2D eigenvalue weighted by Gasteiger charge is 2.69. The molecule has 0 heterocycles. The van der Waals surface area contributed by atoms with Crippen LogP contribution in [0.4, 0.5) is 0 Å². The molecule has 212 valence electrons. The molecule has 3 aliphatic rings. The Hall–Kier alpha value is -2.72. The van der Waals surface area contributed by atoms with Crippen molar-refractivity contribution in [3.8, 4) is 0 Å². The van der Waals surface area contributed by atoms with Crippen molar-refractivity contribution in [2.24, 2.45) is 16.7 Å². The molecular formula is C28H40O10. The third-order valence-corrected chi connectivity index (χ3v) is 8.81. The number of esters is 4. The topological polar surface area (TPSA) is 146 Å². The van der Waals surface area contributed by atoms with Gasteiger partial charge in [-0.1, -0.05) is 13.5 Å². The molecule has 8 atom stereocenters. The second-order valence-electron chi connectivity index (χ2n) is 11.6. The van der Waals surface area contributed by atoms with Gasteiger partial charge in [-0.15, -0.1) is 0 Å². The Morgan fingerprint density at radius 1 is 0.921 bits per heavy atom. The summed E-state index contributed by atoms with van der Waals surface area (Å²) in [5.74, 6) is -3.09. The number of hydrogen-bond acceptors (Lipinski definition) is 10. The van der Waals surface area contributed by atoms with Crippen LogP contribution in [0, 0.1) is 16.7 Å². The molecule has 0 spiro atoms. The Morgan fingerprint density at radius 2 is 1.45 bits per heavy atom. The van der Waals surface area contributed by atoms with E-state index in [2.05, 4.69) is 6.58 Å². The highest BCUT2D eigenvalue weighted by Crippen LogP contribution is 2.65. The van der Waals surface area contributed by atoms with Gasteiger partial charge in [0.05, 0.1) is 17.1 Å². The normalized spacial score (nSPS) is 36.9. The van der Waals surface area contributed by atoms with Crippen LogP contribution in [0.15, 0.2) is 23.3 Å². The van der Waals surface area contributed by atoms with Gasteiger partial charge in [-0.25, -0.2) is 0 Å². The summed E-state index contributed by atoms with van der Waals surface area (Å²) in [6.07, 6.45) is -4.78. The van der Waals surface area contributed by atoms with Crippen molar-refractivity contribution in [1.82, 2.24) is 0 Å². The highest BCUT2D eigenvalue weighted by atomic mass is 16.6. The standard InChI is InChI=1S/C28H40O10/c1-13-19-11-28(26(7,8)34)12-21(35-15(3)29)14(2)23(28)24(37-17(5)31)25(38-18(6)32)27(19,9)22(10-20(13)33)36-16(4)30/h19-22,24-25,33-34H,1,10-12H2,2-9H3/t19-,20+,21+,22+,24-,25+,27+,28+/m1/s1. The molecule has 0 saturated heterocycles. The van der Waals surface area contributed by atoms with Gasteiger partial charge >= 0.3 is 23.9 Å². The van der Waals surface area contributed by atoms with Crippen LogP contribution >= 0.6 is 0 Å². The van der Waals surface area contributed by atoms with Crippen molar-refractivity contribution >= 4 is 23.9 Å². The van der Waals surface area contributed by atoms with Crippen molar-refractivity contribution in [2.75, 3.05) is 0 Å². The van der Waals surface area contributed by atoms with Crippen LogP contribution < -0.4 is 0 Å². The predicted octanol–water partition coefficient (Wildman–Crippen LogP) is 2.54. The van der Waals surface area contributed by atoms with Gasteiger partial charge in [-0.2, -0.15) is 0 Å². The molecule has 0 radical (unpaired) electrons. The van der Waals surface area contributed by atoms with Gasteiger partial charge in [0.25, 0.3) is 0 Å². The quantitative estimate of drug-likeness (QED) is 0.305. The Balaban J connectivity index is 2.44. The lowest BCUT2D eigenvalue weighted by Crippen LogP contribution is -2.60. The zero-order valence-electron chi connectivity index (χ0n) is 23.5. The first-order valence-corrected chi connectivity index (χ1v) is 12.9. The predicted molar refractivity (Wildman–Crippen MR) is 134 cm³/mol. The summed E-state index contributed by atoms with van der Waals surface area (Å²) in [6, 6.07) is 0. The number of carbonyl (C=O) groups excluding carboxylic acids is 4. The third-order valence-electron chi connectivity index (χ3n) is 8.81. The largest absolute Gasteiger partial charge is 0.462 e. The van der Waals surface area contributed by atoms with Gasteiger partial charge in [0.2, 0.25) is 0 Å². The third kappa shape index (κ3) is 4.88. The van der Waals surface area contributed by atoms with Crippen LogP contribution in [0.3, 0.4) is 0 Å². The number of rotatable bonds is 5. The summed E-state index contributed by atoms with van der Waals surface area (Å²) in [4.78, 5) is 49.3. The molecule has 0 unspecified atom stereocenters. The van der Waals surface area contributed by atoms with Crippen molar-refractivity contribution < 1.29 is 48.3 Å². The first-order chi connectivity index (χ1) is 17.4. The van der Waals surface area contributed by atoms with Crippen molar-refractivity contribution in [1.29, 1.82) is 0 Å². The molecule has 2 saturated carbocycles. The molecule has 0 aromatic rings. The molecular weight excluding hydrogens is 496 g/mol. The van der Waals surface area contributed by atoms with E-state index in [1.54, 1.807) is 27.7 Å². The zero-order valence-corrected chi connectivity index (χ0v) is 23.5. The summed E-state index contributed by atoms with van der Waals surface area (Å²) >= 11 is 0. The van der Waals surface area contributed by atoms with E-state index in [1.165, 1.54) is 27.7 Å². The van der Waals surface area contributed by atoms with Gasteiger partial charge < -0.3 is 29.2 Å². The molecule has 0 bridgehead atoms. The molecule has 0 aliphatic heterocycles. The van der Waals surface area contributed by atoms with E-state index >= 15 is 0 Å². The van der Waals surface area contributed by atoms with Crippen molar-refractivity contribution in [3.05, 3.63) is 23.3 Å². The summed E-state index contributed by atoms with van der Waals surface area (Å²) in [5.41, 5.74) is -2.34. The van der Waals surface area contributed by atoms with Crippen LogP contribution in [0.5, 0.6) is 0 Å². The molecule has 0 aromatic carbocycles. The number of aliphatic hydroxyl groups is 2. The number of ether oxygens (including phenoxy) is 4. The average molecular weight is 537 g/mol. The molecule has 3 rings (SSSR count). The molecule has 38 heavy (non-hydrogen) atoms. The minimum atomic E-state index is -1.46. The molecule has 10 heteroatoms. The van der Waals surface area contributed by atoms with Crippen LogP contribution in [-0.2, 0) is 38.1 Å².